The van der Waals surface area contributed by atoms with E-state index in [2.05, 4.69) is 17.6 Å². The minimum atomic E-state index is -1.84. The summed E-state index contributed by atoms with van der Waals surface area (Å²) in [6.07, 6.45) is -1.84. The first-order chi connectivity index (χ1) is 4.16. The van der Waals surface area contributed by atoms with Gasteiger partial charge in [-0.3, -0.25) is 4.79 Å². The van der Waals surface area contributed by atoms with Gasteiger partial charge in [-0.1, -0.05) is 11.4 Å². The third kappa shape index (κ3) is 6.28. The van der Waals surface area contributed by atoms with E-state index in [9.17, 15) is 9.36 Å². The van der Waals surface area contributed by atoms with E-state index in [0.717, 1.165) is 11.4 Å². The molecular formula is C3H8NO2PS2. The topological polar surface area (TPSA) is 46.2 Å². The summed E-state index contributed by atoms with van der Waals surface area (Å²) in [7, 11) is 1.54. The van der Waals surface area contributed by atoms with Gasteiger partial charge in [0.1, 0.15) is 0 Å². The van der Waals surface area contributed by atoms with Crippen LogP contribution in [0.4, 0.5) is 0 Å². The molecule has 0 aliphatic carbocycles. The van der Waals surface area contributed by atoms with Gasteiger partial charge in [0, 0.05) is 7.05 Å². The predicted molar refractivity (Wildman–Crippen MR) is 44.5 cm³/mol. The predicted octanol–water partition coefficient (Wildman–Crippen LogP) is 0.785. The molecule has 1 N–H and O–H groups in total. The number of thiol groups is 1. The molecule has 54 valence electrons. The zero-order valence-electron chi connectivity index (χ0n) is 4.88. The van der Waals surface area contributed by atoms with Crippen LogP contribution < -0.4 is 5.32 Å². The lowest BCUT2D eigenvalue weighted by atomic mass is 10.7. The van der Waals surface area contributed by atoms with E-state index < -0.39 is 6.20 Å². The maximum atomic E-state index is 10.4. The van der Waals surface area contributed by atoms with Crippen LogP contribution in [-0.4, -0.2) is 18.7 Å². The first kappa shape index (κ1) is 9.40. The third-order valence-electron chi connectivity index (χ3n) is 0.606. The van der Waals surface area contributed by atoms with Crippen LogP contribution in [0.5, 0.6) is 0 Å². The van der Waals surface area contributed by atoms with Gasteiger partial charge < -0.3 is 9.88 Å². The monoisotopic (exact) mass is 185 g/mol. The second-order valence-corrected chi connectivity index (χ2v) is 6.44. The molecule has 0 aromatic carbocycles. The number of carbonyl (C=O) groups excluding carboxylic acids is 1. The van der Waals surface area contributed by atoms with E-state index in [0.29, 0.717) is 0 Å². The molecule has 0 heterocycles. The second-order valence-electron chi connectivity index (χ2n) is 1.23. The Hall–Kier alpha value is 0.400. The highest BCUT2D eigenvalue weighted by molar-refractivity contribution is 8.79. The highest BCUT2D eigenvalue weighted by atomic mass is 33.1. The zero-order valence-corrected chi connectivity index (χ0v) is 7.59. The van der Waals surface area contributed by atoms with Gasteiger partial charge in [-0.25, -0.2) is 0 Å². The number of hydrogen-bond acceptors (Lipinski definition) is 3. The summed E-state index contributed by atoms with van der Waals surface area (Å²) in [5.41, 5.74) is 0. The molecule has 0 radical (unpaired) electrons. The molecule has 0 aromatic heterocycles. The Morgan fingerprint density at radius 3 is 2.78 bits per heavy atom. The number of rotatable bonds is 3. The van der Waals surface area contributed by atoms with Crippen molar-refractivity contribution < 1.29 is 9.36 Å². The van der Waals surface area contributed by atoms with Crippen LogP contribution in [0.3, 0.4) is 0 Å². The molecule has 0 aliphatic rings. The Labute approximate surface area is 63.7 Å². The van der Waals surface area contributed by atoms with Gasteiger partial charge in [-0.05, 0) is 0 Å². The number of amides is 1. The van der Waals surface area contributed by atoms with E-state index in [1.807, 2.05) is 0 Å². The van der Waals surface area contributed by atoms with E-state index >= 15 is 0 Å². The summed E-state index contributed by atoms with van der Waals surface area (Å²) in [5.74, 6) is 0.116. The van der Waals surface area contributed by atoms with Crippen molar-refractivity contribution in [1.82, 2.24) is 5.32 Å². The first-order valence-corrected chi connectivity index (χ1v) is 6.64. The highest BCUT2D eigenvalue weighted by Gasteiger charge is 1.98. The normalized spacial score (nSPS) is 12.7. The van der Waals surface area contributed by atoms with Crippen LogP contribution in [0, 0.1) is 0 Å². The lowest BCUT2D eigenvalue weighted by molar-refractivity contribution is -0.118. The Morgan fingerprint density at radius 1 is 1.89 bits per heavy atom. The Bertz CT molecular complexity index is 129. The van der Waals surface area contributed by atoms with Gasteiger partial charge in [-0.2, -0.15) is 0 Å². The fraction of sp³-hybridized carbons (Fsp3) is 0.667. The molecule has 0 saturated carbocycles. The number of carbonyl (C=O) groups is 1. The number of hydrogen-bond donors (Lipinski definition) is 2. The molecule has 9 heavy (non-hydrogen) atoms. The molecule has 0 aromatic rings. The minimum absolute atomic E-state index is 0.118. The van der Waals surface area contributed by atoms with Crippen LogP contribution in [0.1, 0.15) is 0 Å². The average Bonchev–Trinajstić information content (AvgIpc) is 1.83. The van der Waals surface area contributed by atoms with Crippen LogP contribution in [0.25, 0.3) is 0 Å². The van der Waals surface area contributed by atoms with Crippen molar-refractivity contribution in [3.05, 3.63) is 0 Å². The van der Waals surface area contributed by atoms with Crippen LogP contribution in [-0.2, 0) is 9.36 Å². The lowest BCUT2D eigenvalue weighted by Gasteiger charge is -1.94. The van der Waals surface area contributed by atoms with Crippen molar-refractivity contribution in [2.24, 2.45) is 0 Å². The fourth-order valence-corrected chi connectivity index (χ4v) is 1.94. The van der Waals surface area contributed by atoms with Gasteiger partial charge in [-0.15, -0.1) is 12.2 Å². The van der Waals surface area contributed by atoms with Crippen molar-refractivity contribution >= 4 is 35.7 Å². The summed E-state index contributed by atoms with van der Waals surface area (Å²) in [6, 6.07) is 0. The Balaban J connectivity index is 3.28. The van der Waals surface area contributed by atoms with Crippen molar-refractivity contribution in [3.8, 4) is 0 Å². The molecule has 1 amide bonds. The maximum Gasteiger partial charge on any atom is 0.230 e. The molecule has 0 spiro atoms. The summed E-state index contributed by atoms with van der Waals surface area (Å²) in [4.78, 5) is 10.4. The Morgan fingerprint density at radius 2 is 2.44 bits per heavy atom. The number of nitrogens with one attached hydrogen (secondary N) is 1. The molecule has 0 rings (SSSR count). The lowest BCUT2D eigenvalue weighted by Crippen LogP contribution is -2.19. The summed E-state index contributed by atoms with van der Waals surface area (Å²) < 4.78 is 10.3. The molecule has 3 nitrogen and oxygen atoms in total. The van der Waals surface area contributed by atoms with Gasteiger partial charge in [0.15, 0.2) is 6.20 Å². The molecule has 0 aliphatic heterocycles. The van der Waals surface area contributed by atoms with E-state index in [1.165, 1.54) is 0 Å². The molecule has 1 unspecified atom stereocenters. The van der Waals surface area contributed by atoms with Gasteiger partial charge in [0.2, 0.25) is 5.91 Å². The van der Waals surface area contributed by atoms with Crippen molar-refractivity contribution in [1.29, 1.82) is 0 Å². The third-order valence-corrected chi connectivity index (χ3v) is 3.59. The van der Waals surface area contributed by atoms with Gasteiger partial charge in [0.05, 0.1) is 5.75 Å². The van der Waals surface area contributed by atoms with Crippen molar-refractivity contribution in [2.75, 3.05) is 12.8 Å². The average molecular weight is 185 g/mol. The quantitative estimate of drug-likeness (QED) is 0.504. The maximum absolute atomic E-state index is 10.4. The Kier molecular flexibility index (Phi) is 5.44. The van der Waals surface area contributed by atoms with Gasteiger partial charge in [0.25, 0.3) is 0 Å². The smallest absolute Gasteiger partial charge is 0.230 e. The molecule has 0 saturated heterocycles. The van der Waals surface area contributed by atoms with E-state index in [1.54, 1.807) is 7.05 Å². The highest BCUT2D eigenvalue weighted by Crippen LogP contribution is 2.41. The largest absolute Gasteiger partial charge is 0.358 e. The molecule has 0 bridgehead atoms. The van der Waals surface area contributed by atoms with Crippen LogP contribution in [0.15, 0.2) is 0 Å². The van der Waals surface area contributed by atoms with Crippen LogP contribution >= 0.6 is 29.8 Å². The minimum Gasteiger partial charge on any atom is -0.358 e. The van der Waals surface area contributed by atoms with Crippen LogP contribution in [0.2, 0.25) is 0 Å². The molecule has 1 atom stereocenters. The summed E-state index contributed by atoms with van der Waals surface area (Å²) in [6.45, 7) is 0. The first-order valence-electron chi connectivity index (χ1n) is 2.23. The SMILES string of the molecule is CNC(=O)CS[PH](=O)S. The van der Waals surface area contributed by atoms with E-state index in [-0.39, 0.29) is 11.7 Å². The fourth-order valence-electron chi connectivity index (χ4n) is 0.199. The zero-order chi connectivity index (χ0) is 7.28. The molecule has 0 fully saturated rings. The summed E-state index contributed by atoms with van der Waals surface area (Å²) >= 11 is 4.70. The van der Waals surface area contributed by atoms with Crippen molar-refractivity contribution in [3.63, 3.8) is 0 Å². The van der Waals surface area contributed by atoms with E-state index in [4.69, 9.17) is 0 Å². The molecule has 6 heteroatoms. The van der Waals surface area contributed by atoms with Crippen molar-refractivity contribution in [2.45, 2.75) is 0 Å². The summed E-state index contributed by atoms with van der Waals surface area (Å²) in [5, 5.41) is 2.40. The molecular weight excluding hydrogens is 177 g/mol. The van der Waals surface area contributed by atoms with Gasteiger partial charge >= 0.3 is 0 Å². The standard InChI is InChI=1S/C3H8NO2PS2/c1-4-3(5)2-9-7(6)8/h7H,2H2,1H3,(H,4,5)(H,6,8). The second kappa shape index (κ2) is 5.21.